The van der Waals surface area contributed by atoms with E-state index in [2.05, 4.69) is 48.5 Å². The van der Waals surface area contributed by atoms with Crippen LogP contribution < -0.4 is 11.3 Å². The summed E-state index contributed by atoms with van der Waals surface area (Å²) in [7, 11) is 0. The van der Waals surface area contributed by atoms with E-state index in [9.17, 15) is 0 Å². The van der Waals surface area contributed by atoms with Gasteiger partial charge in [-0.15, -0.1) is 0 Å². The molecule has 0 saturated carbocycles. The van der Waals surface area contributed by atoms with Crippen LogP contribution >= 0.6 is 0 Å². The van der Waals surface area contributed by atoms with Crippen molar-refractivity contribution in [3.63, 3.8) is 0 Å². The Labute approximate surface area is 121 Å². The number of nitrogens with two attached hydrogens (primary N) is 1. The first-order valence-electron chi connectivity index (χ1n) is 7.09. The molecule has 106 valence electrons. The van der Waals surface area contributed by atoms with Crippen molar-refractivity contribution in [1.82, 2.24) is 10.4 Å². The fourth-order valence-electron chi connectivity index (χ4n) is 2.60. The van der Waals surface area contributed by atoms with E-state index in [4.69, 9.17) is 5.84 Å². The Morgan fingerprint density at radius 1 is 1.15 bits per heavy atom. The molecule has 1 aromatic carbocycles. The Hall–Kier alpha value is -1.71. The van der Waals surface area contributed by atoms with Gasteiger partial charge in [-0.1, -0.05) is 35.4 Å². The van der Waals surface area contributed by atoms with Gasteiger partial charge >= 0.3 is 0 Å². The van der Waals surface area contributed by atoms with Gasteiger partial charge in [-0.3, -0.25) is 16.3 Å². The molecule has 1 heterocycles. The van der Waals surface area contributed by atoms with E-state index in [1.807, 2.05) is 12.3 Å². The quantitative estimate of drug-likeness (QED) is 0.626. The maximum atomic E-state index is 5.70. The second-order valence-corrected chi connectivity index (χ2v) is 5.46. The lowest BCUT2D eigenvalue weighted by Gasteiger charge is -2.16. The van der Waals surface area contributed by atoms with Crippen LogP contribution in [0.5, 0.6) is 0 Å². The van der Waals surface area contributed by atoms with Crippen LogP contribution in [0, 0.1) is 13.8 Å². The summed E-state index contributed by atoms with van der Waals surface area (Å²) in [6.07, 6.45) is 6.68. The van der Waals surface area contributed by atoms with Gasteiger partial charge in [0, 0.05) is 18.4 Å². The van der Waals surface area contributed by atoms with Crippen LogP contribution in [-0.2, 0) is 12.8 Å². The van der Waals surface area contributed by atoms with Gasteiger partial charge in [-0.2, -0.15) is 0 Å². The van der Waals surface area contributed by atoms with Gasteiger partial charge < -0.3 is 0 Å². The maximum Gasteiger partial charge on any atom is 0.0299 e. The summed E-state index contributed by atoms with van der Waals surface area (Å²) in [6, 6.07) is 11.0. The third kappa shape index (κ3) is 4.44. The highest BCUT2D eigenvalue weighted by molar-refractivity contribution is 5.29. The van der Waals surface area contributed by atoms with E-state index < -0.39 is 0 Å². The second kappa shape index (κ2) is 7.17. The van der Waals surface area contributed by atoms with E-state index in [0.717, 1.165) is 19.3 Å². The number of nitrogens with zero attached hydrogens (tertiary/aromatic N) is 1. The maximum absolute atomic E-state index is 5.70. The van der Waals surface area contributed by atoms with Crippen molar-refractivity contribution in [2.75, 3.05) is 0 Å². The van der Waals surface area contributed by atoms with Gasteiger partial charge in [0.25, 0.3) is 0 Å². The first kappa shape index (κ1) is 14.7. The summed E-state index contributed by atoms with van der Waals surface area (Å²) >= 11 is 0. The van der Waals surface area contributed by atoms with Gasteiger partial charge in [0.05, 0.1) is 0 Å². The number of pyridine rings is 1. The van der Waals surface area contributed by atoms with Crippen molar-refractivity contribution in [3.8, 4) is 0 Å². The zero-order valence-electron chi connectivity index (χ0n) is 12.3. The molecule has 1 atom stereocenters. The number of aryl methyl sites for hydroxylation is 3. The van der Waals surface area contributed by atoms with Gasteiger partial charge in [0.15, 0.2) is 0 Å². The van der Waals surface area contributed by atoms with Crippen molar-refractivity contribution in [3.05, 3.63) is 65.0 Å². The lowest BCUT2D eigenvalue weighted by molar-refractivity contribution is 0.491. The van der Waals surface area contributed by atoms with Crippen LogP contribution in [0.2, 0.25) is 0 Å². The number of rotatable bonds is 6. The molecule has 3 N–H and O–H groups in total. The van der Waals surface area contributed by atoms with Crippen molar-refractivity contribution >= 4 is 0 Å². The highest BCUT2D eigenvalue weighted by Gasteiger charge is 2.09. The molecule has 0 aliphatic heterocycles. The van der Waals surface area contributed by atoms with Crippen molar-refractivity contribution in [2.45, 2.75) is 39.2 Å². The summed E-state index contributed by atoms with van der Waals surface area (Å²) in [5.41, 5.74) is 8.16. The minimum Gasteiger partial charge on any atom is -0.271 e. The largest absolute Gasteiger partial charge is 0.271 e. The smallest absolute Gasteiger partial charge is 0.0299 e. The predicted molar refractivity (Wildman–Crippen MR) is 83.3 cm³/mol. The summed E-state index contributed by atoms with van der Waals surface area (Å²) < 4.78 is 0. The molecule has 2 rings (SSSR count). The van der Waals surface area contributed by atoms with Crippen LogP contribution in [0.4, 0.5) is 0 Å². The summed E-state index contributed by atoms with van der Waals surface area (Å²) in [4.78, 5) is 4.14. The number of hydrogen-bond acceptors (Lipinski definition) is 3. The Balaban J connectivity index is 1.95. The second-order valence-electron chi connectivity index (χ2n) is 5.46. The molecule has 2 aromatic rings. The number of benzene rings is 1. The Morgan fingerprint density at radius 2 is 1.90 bits per heavy atom. The molecule has 20 heavy (non-hydrogen) atoms. The van der Waals surface area contributed by atoms with Gasteiger partial charge in [-0.05, 0) is 50.3 Å². The number of hydrazine groups is 1. The van der Waals surface area contributed by atoms with Gasteiger partial charge in [0.1, 0.15) is 0 Å². The monoisotopic (exact) mass is 269 g/mol. The summed E-state index contributed by atoms with van der Waals surface area (Å²) in [5.74, 6) is 5.70. The van der Waals surface area contributed by atoms with E-state index in [-0.39, 0.29) is 6.04 Å². The Kier molecular flexibility index (Phi) is 5.27. The van der Waals surface area contributed by atoms with Crippen LogP contribution in [0.3, 0.4) is 0 Å². The Morgan fingerprint density at radius 3 is 2.50 bits per heavy atom. The fraction of sp³-hybridized carbons (Fsp3) is 0.353. The molecule has 0 saturated heterocycles. The number of aromatic nitrogens is 1. The van der Waals surface area contributed by atoms with E-state index >= 15 is 0 Å². The fourth-order valence-corrected chi connectivity index (χ4v) is 2.60. The SMILES string of the molecule is Cc1cc(C)cc(CC(CCc2cccnc2)NN)c1. The van der Waals surface area contributed by atoms with Crippen LogP contribution in [-0.4, -0.2) is 11.0 Å². The van der Waals surface area contributed by atoms with Crippen molar-refractivity contribution in [1.29, 1.82) is 0 Å². The van der Waals surface area contributed by atoms with E-state index in [1.165, 1.54) is 22.3 Å². The molecule has 0 bridgehead atoms. The lowest BCUT2D eigenvalue weighted by Crippen LogP contribution is -2.37. The highest BCUT2D eigenvalue weighted by Crippen LogP contribution is 2.13. The normalized spacial score (nSPS) is 12.3. The Bertz CT molecular complexity index is 517. The summed E-state index contributed by atoms with van der Waals surface area (Å²) in [5, 5.41) is 0. The van der Waals surface area contributed by atoms with Gasteiger partial charge in [-0.25, -0.2) is 0 Å². The molecule has 3 heteroatoms. The predicted octanol–water partition coefficient (Wildman–Crippen LogP) is 2.71. The number of nitrogens with one attached hydrogen (secondary N) is 1. The molecule has 1 aromatic heterocycles. The number of hydrogen-bond donors (Lipinski definition) is 2. The third-order valence-electron chi connectivity index (χ3n) is 3.50. The molecule has 0 aliphatic rings. The first-order valence-corrected chi connectivity index (χ1v) is 7.09. The molecule has 3 nitrogen and oxygen atoms in total. The highest BCUT2D eigenvalue weighted by atomic mass is 15.2. The molecular weight excluding hydrogens is 246 g/mol. The minimum atomic E-state index is 0.288. The van der Waals surface area contributed by atoms with Crippen LogP contribution in [0.15, 0.2) is 42.7 Å². The molecular formula is C17H23N3. The van der Waals surface area contributed by atoms with E-state index in [1.54, 1.807) is 6.20 Å². The van der Waals surface area contributed by atoms with Crippen molar-refractivity contribution < 1.29 is 0 Å². The van der Waals surface area contributed by atoms with Crippen LogP contribution in [0.25, 0.3) is 0 Å². The average molecular weight is 269 g/mol. The molecule has 0 amide bonds. The van der Waals surface area contributed by atoms with E-state index in [0.29, 0.717) is 0 Å². The topological polar surface area (TPSA) is 50.9 Å². The minimum absolute atomic E-state index is 0.288. The van der Waals surface area contributed by atoms with Crippen LogP contribution in [0.1, 0.15) is 28.7 Å². The first-order chi connectivity index (χ1) is 9.67. The molecule has 0 aliphatic carbocycles. The van der Waals surface area contributed by atoms with Crippen molar-refractivity contribution in [2.24, 2.45) is 5.84 Å². The zero-order valence-corrected chi connectivity index (χ0v) is 12.3. The zero-order chi connectivity index (χ0) is 14.4. The average Bonchev–Trinajstić information content (AvgIpc) is 2.43. The summed E-state index contributed by atoms with van der Waals surface area (Å²) in [6.45, 7) is 4.27. The lowest BCUT2D eigenvalue weighted by atomic mass is 9.98. The van der Waals surface area contributed by atoms with Gasteiger partial charge in [0.2, 0.25) is 0 Å². The molecule has 0 spiro atoms. The molecule has 1 unspecified atom stereocenters. The molecule has 0 radical (unpaired) electrons. The standard InChI is InChI=1S/C17H23N3/c1-13-8-14(2)10-16(9-13)11-17(20-18)6-5-15-4-3-7-19-12-15/h3-4,7-10,12,17,20H,5-6,11,18H2,1-2H3. The molecule has 0 fully saturated rings. The third-order valence-corrected chi connectivity index (χ3v) is 3.50.